The Labute approximate surface area is 148 Å². The zero-order valence-electron chi connectivity index (χ0n) is 13.1. The Morgan fingerprint density at radius 1 is 1.29 bits per heavy atom. The van der Waals surface area contributed by atoms with Gasteiger partial charge in [0.25, 0.3) is 0 Å². The molecule has 2 heterocycles. The maximum atomic E-state index is 11.8. The first-order valence-electron chi connectivity index (χ1n) is 7.27. The SMILES string of the molecule is CC(O)Cc1cc2ccc(Br)cc2n1-c1ccnc(S(C)(=O)=O)n1. The molecule has 3 rings (SSSR count). The Morgan fingerprint density at radius 3 is 2.71 bits per heavy atom. The third-order valence-electron chi connectivity index (χ3n) is 3.53. The Balaban J connectivity index is 2.29. The molecule has 8 heteroatoms. The van der Waals surface area contributed by atoms with Gasteiger partial charge < -0.3 is 5.11 Å². The molecule has 1 aromatic carbocycles. The first-order chi connectivity index (χ1) is 11.3. The highest BCUT2D eigenvalue weighted by Gasteiger charge is 2.17. The van der Waals surface area contributed by atoms with E-state index >= 15 is 0 Å². The summed E-state index contributed by atoms with van der Waals surface area (Å²) in [5, 5.41) is 10.5. The van der Waals surface area contributed by atoms with Crippen LogP contribution in [0.3, 0.4) is 0 Å². The lowest BCUT2D eigenvalue weighted by molar-refractivity contribution is 0.194. The number of aromatic nitrogens is 3. The molecule has 0 fully saturated rings. The van der Waals surface area contributed by atoms with Crippen LogP contribution in [0.25, 0.3) is 16.7 Å². The molecular weight excluding hydrogens is 394 g/mol. The van der Waals surface area contributed by atoms with E-state index in [1.54, 1.807) is 13.0 Å². The van der Waals surface area contributed by atoms with E-state index in [1.165, 1.54) is 6.20 Å². The number of hydrogen-bond acceptors (Lipinski definition) is 5. The maximum absolute atomic E-state index is 11.8. The van der Waals surface area contributed by atoms with Crippen molar-refractivity contribution >= 4 is 36.7 Å². The fraction of sp³-hybridized carbons (Fsp3) is 0.250. The van der Waals surface area contributed by atoms with E-state index in [1.807, 2.05) is 28.8 Å². The van der Waals surface area contributed by atoms with Crippen LogP contribution in [-0.2, 0) is 16.3 Å². The molecule has 0 radical (unpaired) electrons. The molecule has 1 N–H and O–H groups in total. The van der Waals surface area contributed by atoms with Crippen molar-refractivity contribution in [3.8, 4) is 5.82 Å². The fourth-order valence-electron chi connectivity index (χ4n) is 2.59. The highest BCUT2D eigenvalue weighted by atomic mass is 79.9. The number of aliphatic hydroxyl groups excluding tert-OH is 1. The summed E-state index contributed by atoms with van der Waals surface area (Å²) in [4.78, 5) is 8.04. The van der Waals surface area contributed by atoms with Gasteiger partial charge in [0, 0.05) is 34.4 Å². The largest absolute Gasteiger partial charge is 0.393 e. The Kier molecular flexibility index (Phi) is 4.46. The second-order valence-corrected chi connectivity index (χ2v) is 8.52. The minimum Gasteiger partial charge on any atom is -0.393 e. The van der Waals surface area contributed by atoms with Crippen LogP contribution in [0.4, 0.5) is 0 Å². The second kappa shape index (κ2) is 6.27. The van der Waals surface area contributed by atoms with E-state index in [9.17, 15) is 13.5 Å². The Hall–Kier alpha value is -1.77. The molecule has 0 saturated heterocycles. The number of sulfone groups is 1. The molecule has 0 aliphatic heterocycles. The molecule has 1 atom stereocenters. The molecule has 6 nitrogen and oxygen atoms in total. The van der Waals surface area contributed by atoms with Crippen LogP contribution in [0.1, 0.15) is 12.6 Å². The van der Waals surface area contributed by atoms with Crippen molar-refractivity contribution in [2.24, 2.45) is 0 Å². The summed E-state index contributed by atoms with van der Waals surface area (Å²) in [6.45, 7) is 1.71. The molecule has 0 amide bonds. The van der Waals surface area contributed by atoms with Crippen molar-refractivity contribution in [2.75, 3.05) is 6.26 Å². The summed E-state index contributed by atoms with van der Waals surface area (Å²) in [6.07, 6.45) is 2.39. The van der Waals surface area contributed by atoms with Crippen molar-refractivity contribution < 1.29 is 13.5 Å². The number of nitrogens with zero attached hydrogens (tertiary/aromatic N) is 3. The summed E-state index contributed by atoms with van der Waals surface area (Å²) in [6, 6.07) is 9.45. The molecule has 1 unspecified atom stereocenters. The summed E-state index contributed by atoms with van der Waals surface area (Å²) in [5.74, 6) is 0.453. The average molecular weight is 410 g/mol. The quantitative estimate of drug-likeness (QED) is 0.669. The molecule has 0 bridgehead atoms. The van der Waals surface area contributed by atoms with Gasteiger partial charge in [-0.2, -0.15) is 0 Å². The summed E-state index contributed by atoms with van der Waals surface area (Å²) >= 11 is 3.45. The molecular formula is C16H16BrN3O3S. The molecule has 24 heavy (non-hydrogen) atoms. The third kappa shape index (κ3) is 3.35. The summed E-state index contributed by atoms with van der Waals surface area (Å²) in [7, 11) is -3.51. The van der Waals surface area contributed by atoms with Crippen molar-refractivity contribution in [3.05, 3.63) is 46.7 Å². The molecule has 0 spiro atoms. The lowest BCUT2D eigenvalue weighted by Crippen LogP contribution is -2.12. The minimum atomic E-state index is -3.51. The van der Waals surface area contributed by atoms with Crippen LogP contribution >= 0.6 is 15.9 Å². The van der Waals surface area contributed by atoms with Crippen LogP contribution in [0.15, 0.2) is 46.2 Å². The van der Waals surface area contributed by atoms with Gasteiger partial charge >= 0.3 is 0 Å². The summed E-state index contributed by atoms with van der Waals surface area (Å²) < 4.78 is 26.3. The molecule has 0 aliphatic carbocycles. The van der Waals surface area contributed by atoms with Crippen LogP contribution in [0.2, 0.25) is 0 Å². The number of rotatable bonds is 4. The molecule has 126 valence electrons. The Morgan fingerprint density at radius 2 is 2.04 bits per heavy atom. The number of benzene rings is 1. The number of aliphatic hydroxyl groups is 1. The lowest BCUT2D eigenvalue weighted by atomic mass is 10.2. The van der Waals surface area contributed by atoms with Gasteiger partial charge in [0.15, 0.2) is 0 Å². The van der Waals surface area contributed by atoms with Gasteiger partial charge in [-0.25, -0.2) is 18.4 Å². The van der Waals surface area contributed by atoms with E-state index in [0.717, 1.165) is 27.3 Å². The van der Waals surface area contributed by atoms with E-state index in [2.05, 4.69) is 25.9 Å². The van der Waals surface area contributed by atoms with Gasteiger partial charge in [-0.15, -0.1) is 0 Å². The van der Waals surface area contributed by atoms with E-state index in [4.69, 9.17) is 0 Å². The molecule has 3 aromatic rings. The number of halogens is 1. The first kappa shape index (κ1) is 17.1. The van der Waals surface area contributed by atoms with Crippen LogP contribution < -0.4 is 0 Å². The van der Waals surface area contributed by atoms with Crippen LogP contribution in [-0.4, -0.2) is 40.4 Å². The van der Waals surface area contributed by atoms with E-state index < -0.39 is 15.9 Å². The lowest BCUT2D eigenvalue weighted by Gasteiger charge is -2.12. The number of fused-ring (bicyclic) bond motifs is 1. The monoisotopic (exact) mass is 409 g/mol. The van der Waals surface area contributed by atoms with E-state index in [-0.39, 0.29) is 5.16 Å². The fourth-order valence-corrected chi connectivity index (χ4v) is 3.45. The van der Waals surface area contributed by atoms with Gasteiger partial charge in [0.05, 0.1) is 11.6 Å². The van der Waals surface area contributed by atoms with E-state index in [0.29, 0.717) is 12.2 Å². The zero-order chi connectivity index (χ0) is 17.5. The number of hydrogen-bond donors (Lipinski definition) is 1. The van der Waals surface area contributed by atoms with Gasteiger partial charge in [-0.3, -0.25) is 4.57 Å². The van der Waals surface area contributed by atoms with Gasteiger partial charge in [-0.1, -0.05) is 22.0 Å². The second-order valence-electron chi connectivity index (χ2n) is 5.70. The predicted octanol–water partition coefficient (Wildman–Crippen LogP) is 2.51. The standard InChI is InChI=1S/C16H16BrN3O3S/c1-10(21)7-13-8-11-3-4-12(17)9-14(11)20(13)15-5-6-18-16(19-15)24(2,22)23/h3-6,8-10,21H,7H2,1-2H3. The van der Waals surface area contributed by atoms with Crippen LogP contribution in [0, 0.1) is 0 Å². The first-order valence-corrected chi connectivity index (χ1v) is 9.95. The summed E-state index contributed by atoms with van der Waals surface area (Å²) in [5.41, 5.74) is 1.72. The highest BCUT2D eigenvalue weighted by molar-refractivity contribution is 9.10. The van der Waals surface area contributed by atoms with Crippen molar-refractivity contribution in [3.63, 3.8) is 0 Å². The van der Waals surface area contributed by atoms with Crippen LogP contribution in [0.5, 0.6) is 0 Å². The van der Waals surface area contributed by atoms with Gasteiger partial charge in [0.2, 0.25) is 15.0 Å². The average Bonchev–Trinajstić information content (AvgIpc) is 2.82. The Bertz CT molecular complexity index is 1010. The molecule has 0 saturated carbocycles. The predicted molar refractivity (Wildman–Crippen MR) is 95.1 cm³/mol. The zero-order valence-corrected chi connectivity index (χ0v) is 15.5. The van der Waals surface area contributed by atoms with Crippen molar-refractivity contribution in [1.82, 2.24) is 14.5 Å². The molecule has 0 aliphatic rings. The topological polar surface area (TPSA) is 85.1 Å². The maximum Gasteiger partial charge on any atom is 0.248 e. The normalized spacial score (nSPS) is 13.3. The molecule has 2 aromatic heterocycles. The third-order valence-corrected chi connectivity index (χ3v) is 4.88. The van der Waals surface area contributed by atoms with Gasteiger partial charge in [0.1, 0.15) is 5.82 Å². The highest BCUT2D eigenvalue weighted by Crippen LogP contribution is 2.27. The van der Waals surface area contributed by atoms with Gasteiger partial charge in [-0.05, 0) is 31.2 Å². The smallest absolute Gasteiger partial charge is 0.248 e. The minimum absolute atomic E-state index is 0.222. The van der Waals surface area contributed by atoms with Crippen molar-refractivity contribution in [2.45, 2.75) is 24.6 Å². The van der Waals surface area contributed by atoms with Crippen molar-refractivity contribution in [1.29, 1.82) is 0 Å².